The van der Waals surface area contributed by atoms with Crippen molar-refractivity contribution in [2.24, 2.45) is 0 Å². The van der Waals surface area contributed by atoms with E-state index in [1.807, 2.05) is 16.9 Å². The van der Waals surface area contributed by atoms with Crippen LogP contribution in [0.2, 0.25) is 0 Å². The minimum atomic E-state index is -3.25. The van der Waals surface area contributed by atoms with E-state index < -0.39 is 14.6 Å². The number of nitrogen functional groups attached to an aromatic ring is 1. The Morgan fingerprint density at radius 1 is 1.21 bits per heavy atom. The van der Waals surface area contributed by atoms with Crippen molar-refractivity contribution in [1.82, 2.24) is 24.7 Å². The molecule has 0 atom stereocenters. The van der Waals surface area contributed by atoms with E-state index in [1.54, 1.807) is 20.0 Å². The number of aromatic nitrogens is 5. The van der Waals surface area contributed by atoms with E-state index in [0.29, 0.717) is 24.5 Å². The first-order valence-corrected chi connectivity index (χ1v) is 13.1. The Bertz CT molecular complexity index is 1300. The lowest BCUT2D eigenvalue weighted by Gasteiger charge is -2.26. The number of anilines is 3. The molecule has 0 aliphatic carbocycles. The minimum absolute atomic E-state index is 0.158. The summed E-state index contributed by atoms with van der Waals surface area (Å²) in [5, 5.41) is 8.82. The number of pyridine rings is 1. The van der Waals surface area contributed by atoms with Gasteiger partial charge in [-0.2, -0.15) is 10.1 Å². The van der Waals surface area contributed by atoms with Crippen molar-refractivity contribution in [3.05, 3.63) is 18.5 Å². The highest BCUT2D eigenvalue weighted by Crippen LogP contribution is 2.32. The molecule has 4 rings (SSSR count). The van der Waals surface area contributed by atoms with Crippen LogP contribution in [-0.2, 0) is 14.6 Å². The zero-order chi connectivity index (χ0) is 24.7. The molecule has 3 aromatic heterocycles. The van der Waals surface area contributed by atoms with Crippen molar-refractivity contribution in [2.75, 3.05) is 55.1 Å². The second-order valence-corrected chi connectivity index (χ2v) is 12.1. The Kier molecular flexibility index (Phi) is 6.38. The van der Waals surface area contributed by atoms with Crippen molar-refractivity contribution >= 4 is 38.3 Å². The van der Waals surface area contributed by atoms with Gasteiger partial charge in [-0.05, 0) is 33.8 Å². The molecule has 0 unspecified atom stereocenters. The van der Waals surface area contributed by atoms with Gasteiger partial charge in [0.2, 0.25) is 5.95 Å². The highest BCUT2D eigenvalue weighted by atomic mass is 32.2. The summed E-state index contributed by atoms with van der Waals surface area (Å²) in [7, 11) is -3.25. The number of nitrogens with zero attached hydrogens (tertiary/aromatic N) is 6. The molecule has 1 aliphatic rings. The zero-order valence-electron chi connectivity index (χ0n) is 20.2. The maximum Gasteiger partial charge on any atom is 0.224 e. The number of fused-ring (bicyclic) bond motifs is 1. The van der Waals surface area contributed by atoms with E-state index >= 15 is 0 Å². The fraction of sp³-hybridized carbons (Fsp3) is 0.545. The van der Waals surface area contributed by atoms with Crippen molar-refractivity contribution in [3.8, 4) is 11.3 Å². The van der Waals surface area contributed by atoms with Gasteiger partial charge in [-0.15, -0.1) is 0 Å². The first-order valence-electron chi connectivity index (χ1n) is 11.3. The molecule has 3 aromatic rings. The van der Waals surface area contributed by atoms with Gasteiger partial charge in [-0.1, -0.05) is 0 Å². The summed E-state index contributed by atoms with van der Waals surface area (Å²) in [5.74, 6) is 1.43. The number of morpholine rings is 1. The Morgan fingerprint density at radius 3 is 2.53 bits per heavy atom. The second kappa shape index (κ2) is 8.99. The monoisotopic (exact) mass is 488 g/mol. The number of sulfone groups is 1. The first kappa shape index (κ1) is 24.1. The molecule has 1 aliphatic heterocycles. The third kappa shape index (κ3) is 4.64. The first-order chi connectivity index (χ1) is 16.0. The molecule has 0 aromatic carbocycles. The summed E-state index contributed by atoms with van der Waals surface area (Å²) in [4.78, 5) is 15.5. The van der Waals surface area contributed by atoms with Gasteiger partial charge in [-0.3, -0.25) is 9.67 Å². The van der Waals surface area contributed by atoms with Crippen molar-refractivity contribution < 1.29 is 13.2 Å². The molecule has 34 heavy (non-hydrogen) atoms. The normalized spacial score (nSPS) is 15.3. The van der Waals surface area contributed by atoms with Crippen molar-refractivity contribution in [3.63, 3.8) is 0 Å². The van der Waals surface area contributed by atoms with Crippen LogP contribution in [0.1, 0.15) is 33.7 Å². The van der Waals surface area contributed by atoms with Crippen LogP contribution in [0.25, 0.3) is 22.2 Å². The third-order valence-electron chi connectivity index (χ3n) is 6.14. The van der Waals surface area contributed by atoms with E-state index in [1.165, 1.54) is 6.26 Å². The molecule has 1 fully saturated rings. The van der Waals surface area contributed by atoms with Crippen LogP contribution in [0.5, 0.6) is 0 Å². The molecule has 0 spiro atoms. The van der Waals surface area contributed by atoms with Crippen LogP contribution < -0.4 is 16.0 Å². The molecule has 0 radical (unpaired) electrons. The quantitative estimate of drug-likeness (QED) is 0.508. The molecule has 0 saturated carbocycles. The smallest absolute Gasteiger partial charge is 0.224 e. The summed E-state index contributed by atoms with van der Waals surface area (Å²) in [5.41, 5.74) is 8.44. The van der Waals surface area contributed by atoms with E-state index in [0.717, 1.165) is 29.8 Å². The lowest BCUT2D eigenvalue weighted by atomic mass is 10.1. The maximum absolute atomic E-state index is 11.9. The predicted molar refractivity (Wildman–Crippen MR) is 134 cm³/mol. The van der Waals surface area contributed by atoms with E-state index in [2.05, 4.69) is 39.0 Å². The molecule has 3 N–H and O–H groups in total. The molecule has 4 heterocycles. The standard InChI is InChI=1S/C22H32N8O3S/c1-14(2)30-18-10-17(24-12-16(18)20(28-30)29-6-8-33-9-7-29)15-11-25-21(27-19(15)23)26-13-22(3,4)34(5,31)32/h10-12,14H,6-9,13H2,1-5H3,(H3,23,25,26,27). The molecule has 11 nitrogen and oxygen atoms in total. The van der Waals surface area contributed by atoms with Crippen LogP contribution in [0, 0.1) is 0 Å². The number of nitrogens with two attached hydrogens (primary N) is 1. The maximum atomic E-state index is 11.9. The largest absolute Gasteiger partial charge is 0.383 e. The van der Waals surface area contributed by atoms with Gasteiger partial charge in [0.25, 0.3) is 0 Å². The molecule has 0 amide bonds. The van der Waals surface area contributed by atoms with Gasteiger partial charge < -0.3 is 20.7 Å². The summed E-state index contributed by atoms with van der Waals surface area (Å²) >= 11 is 0. The van der Waals surface area contributed by atoms with Gasteiger partial charge in [-0.25, -0.2) is 13.4 Å². The SMILES string of the molecule is CC(C)n1nc(N2CCOCC2)c2cnc(-c3cnc(NCC(C)(C)S(C)(=O)=O)nc3N)cc21. The molecule has 12 heteroatoms. The Morgan fingerprint density at radius 2 is 1.91 bits per heavy atom. The summed E-state index contributed by atoms with van der Waals surface area (Å²) in [6, 6.07) is 2.12. The van der Waals surface area contributed by atoms with Gasteiger partial charge in [0.1, 0.15) is 5.82 Å². The number of hydrogen-bond acceptors (Lipinski definition) is 10. The number of ether oxygens (including phenoxy) is 1. The fourth-order valence-corrected chi connectivity index (χ4v) is 4.00. The molecule has 184 valence electrons. The van der Waals surface area contributed by atoms with Gasteiger partial charge in [0, 0.05) is 44.3 Å². The van der Waals surface area contributed by atoms with Crippen molar-refractivity contribution in [1.29, 1.82) is 0 Å². The van der Waals surface area contributed by atoms with E-state index in [9.17, 15) is 8.42 Å². The average molecular weight is 489 g/mol. The van der Waals surface area contributed by atoms with E-state index in [-0.39, 0.29) is 24.4 Å². The Hall–Kier alpha value is -2.99. The highest BCUT2D eigenvalue weighted by Gasteiger charge is 2.30. The second-order valence-electron chi connectivity index (χ2n) is 9.43. The lowest BCUT2D eigenvalue weighted by Crippen LogP contribution is -2.38. The summed E-state index contributed by atoms with van der Waals surface area (Å²) in [6.45, 7) is 10.6. The number of hydrogen-bond donors (Lipinski definition) is 2. The summed E-state index contributed by atoms with van der Waals surface area (Å²) in [6.07, 6.45) is 4.63. The van der Waals surface area contributed by atoms with Crippen LogP contribution in [0.15, 0.2) is 18.5 Å². The topological polar surface area (TPSA) is 141 Å². The van der Waals surface area contributed by atoms with Gasteiger partial charge in [0.15, 0.2) is 15.7 Å². The number of rotatable bonds is 7. The molecular weight excluding hydrogens is 456 g/mol. The minimum Gasteiger partial charge on any atom is -0.383 e. The number of nitrogens with one attached hydrogen (secondary N) is 1. The molecular formula is C22H32N8O3S. The van der Waals surface area contributed by atoms with E-state index in [4.69, 9.17) is 15.6 Å². The highest BCUT2D eigenvalue weighted by molar-refractivity contribution is 7.92. The van der Waals surface area contributed by atoms with Crippen LogP contribution in [0.3, 0.4) is 0 Å². The van der Waals surface area contributed by atoms with Crippen LogP contribution in [-0.4, -0.2) is 77.0 Å². The molecule has 0 bridgehead atoms. The zero-order valence-corrected chi connectivity index (χ0v) is 21.1. The molecule has 1 saturated heterocycles. The van der Waals surface area contributed by atoms with Gasteiger partial charge >= 0.3 is 0 Å². The Balaban J connectivity index is 1.65. The lowest BCUT2D eigenvalue weighted by molar-refractivity contribution is 0.122. The van der Waals surface area contributed by atoms with Gasteiger partial charge in [0.05, 0.1) is 40.1 Å². The predicted octanol–water partition coefficient (Wildman–Crippen LogP) is 2.12. The fourth-order valence-electron chi connectivity index (χ4n) is 3.67. The third-order valence-corrected chi connectivity index (χ3v) is 8.29. The van der Waals surface area contributed by atoms with Crippen molar-refractivity contribution in [2.45, 2.75) is 38.5 Å². The van der Waals surface area contributed by atoms with Crippen LogP contribution in [0.4, 0.5) is 17.6 Å². The van der Waals surface area contributed by atoms with Crippen LogP contribution >= 0.6 is 0 Å². The summed E-state index contributed by atoms with van der Waals surface area (Å²) < 4.78 is 30.4. The Labute approximate surface area is 199 Å². The average Bonchev–Trinajstić information content (AvgIpc) is 3.17.